The molecular formula is C13H18F2N2. The summed E-state index contributed by atoms with van der Waals surface area (Å²) < 4.78 is 27.0. The van der Waals surface area contributed by atoms with Gasteiger partial charge in [-0.2, -0.15) is 0 Å². The fourth-order valence-corrected chi connectivity index (χ4v) is 2.28. The van der Waals surface area contributed by atoms with Gasteiger partial charge in [-0.15, -0.1) is 0 Å². The molecule has 1 aromatic rings. The van der Waals surface area contributed by atoms with Crippen LogP contribution in [0.1, 0.15) is 31.4 Å². The maximum absolute atomic E-state index is 13.5. The monoisotopic (exact) mass is 240 g/mol. The number of rotatable bonds is 4. The molecule has 0 amide bonds. The van der Waals surface area contributed by atoms with Crippen molar-refractivity contribution < 1.29 is 8.78 Å². The van der Waals surface area contributed by atoms with Crippen molar-refractivity contribution in [2.45, 2.75) is 31.8 Å². The Labute approximate surface area is 100 Å². The summed E-state index contributed by atoms with van der Waals surface area (Å²) in [5, 5.41) is 6.52. The molecule has 4 heteroatoms. The van der Waals surface area contributed by atoms with E-state index in [-0.39, 0.29) is 11.6 Å². The van der Waals surface area contributed by atoms with Crippen LogP contribution in [0.15, 0.2) is 18.2 Å². The van der Waals surface area contributed by atoms with Crippen molar-refractivity contribution in [3.8, 4) is 0 Å². The highest BCUT2D eigenvalue weighted by molar-refractivity contribution is 5.22. The molecule has 1 aromatic carbocycles. The van der Waals surface area contributed by atoms with Crippen LogP contribution in [0.2, 0.25) is 0 Å². The fraction of sp³-hybridized carbons (Fsp3) is 0.538. The van der Waals surface area contributed by atoms with Gasteiger partial charge in [0.25, 0.3) is 0 Å². The molecule has 2 unspecified atom stereocenters. The molecule has 1 heterocycles. The van der Waals surface area contributed by atoms with Gasteiger partial charge in [0, 0.05) is 24.2 Å². The summed E-state index contributed by atoms with van der Waals surface area (Å²) in [7, 11) is 0. The number of hydrogen-bond acceptors (Lipinski definition) is 2. The lowest BCUT2D eigenvalue weighted by molar-refractivity contribution is 0.455. The molecule has 0 aliphatic carbocycles. The summed E-state index contributed by atoms with van der Waals surface area (Å²) in [4.78, 5) is 0. The maximum atomic E-state index is 13.5. The average molecular weight is 240 g/mol. The predicted molar refractivity (Wildman–Crippen MR) is 63.8 cm³/mol. The molecule has 0 spiro atoms. The van der Waals surface area contributed by atoms with E-state index in [4.69, 9.17) is 0 Å². The zero-order chi connectivity index (χ0) is 12.3. The Morgan fingerprint density at radius 3 is 2.71 bits per heavy atom. The van der Waals surface area contributed by atoms with Gasteiger partial charge in [0.05, 0.1) is 0 Å². The maximum Gasteiger partial charge on any atom is 0.130 e. The van der Waals surface area contributed by atoms with E-state index in [1.54, 1.807) is 6.92 Å². The van der Waals surface area contributed by atoms with Gasteiger partial charge in [-0.25, -0.2) is 8.78 Å². The lowest BCUT2D eigenvalue weighted by Crippen LogP contribution is -2.35. The van der Waals surface area contributed by atoms with E-state index in [9.17, 15) is 8.78 Å². The number of halogens is 2. The largest absolute Gasteiger partial charge is 0.313 e. The Morgan fingerprint density at radius 2 is 2.12 bits per heavy atom. The van der Waals surface area contributed by atoms with Gasteiger partial charge in [0.1, 0.15) is 11.6 Å². The molecule has 17 heavy (non-hydrogen) atoms. The van der Waals surface area contributed by atoms with Crippen LogP contribution in [-0.4, -0.2) is 19.1 Å². The van der Waals surface area contributed by atoms with E-state index in [1.807, 2.05) is 0 Å². The summed E-state index contributed by atoms with van der Waals surface area (Å²) in [6, 6.07) is 4.10. The van der Waals surface area contributed by atoms with Gasteiger partial charge in [0.15, 0.2) is 0 Å². The Morgan fingerprint density at radius 1 is 1.41 bits per heavy atom. The van der Waals surface area contributed by atoms with Crippen LogP contribution in [0.4, 0.5) is 8.78 Å². The molecule has 94 valence electrons. The standard InChI is InChI=1S/C13H18F2N2/c1-9(17-8-10-4-3-7-16-10)13-11(14)5-2-6-12(13)15/h2,5-6,9-10,16-17H,3-4,7-8H2,1H3. The Bertz CT molecular complexity index is 355. The third-order valence-corrected chi connectivity index (χ3v) is 3.27. The first-order chi connectivity index (χ1) is 8.18. The summed E-state index contributed by atoms with van der Waals surface area (Å²) in [5.74, 6) is -0.964. The van der Waals surface area contributed by atoms with Crippen LogP contribution in [-0.2, 0) is 0 Å². The van der Waals surface area contributed by atoms with Crippen molar-refractivity contribution in [1.29, 1.82) is 0 Å². The van der Waals surface area contributed by atoms with Crippen molar-refractivity contribution in [3.63, 3.8) is 0 Å². The van der Waals surface area contributed by atoms with Crippen LogP contribution < -0.4 is 10.6 Å². The minimum Gasteiger partial charge on any atom is -0.313 e. The lowest BCUT2D eigenvalue weighted by Gasteiger charge is -2.18. The number of nitrogens with one attached hydrogen (secondary N) is 2. The lowest BCUT2D eigenvalue weighted by atomic mass is 10.1. The zero-order valence-electron chi connectivity index (χ0n) is 9.97. The molecule has 2 nitrogen and oxygen atoms in total. The number of hydrogen-bond donors (Lipinski definition) is 2. The van der Waals surface area contributed by atoms with Gasteiger partial charge in [-0.05, 0) is 38.4 Å². The Balaban J connectivity index is 1.96. The first-order valence-corrected chi connectivity index (χ1v) is 6.09. The summed E-state index contributed by atoms with van der Waals surface area (Å²) in [5.41, 5.74) is 0.130. The Kier molecular flexibility index (Phi) is 4.07. The van der Waals surface area contributed by atoms with Crippen LogP contribution >= 0.6 is 0 Å². The van der Waals surface area contributed by atoms with Crippen molar-refractivity contribution >= 4 is 0 Å². The molecule has 2 rings (SSSR count). The van der Waals surface area contributed by atoms with Crippen LogP contribution in [0.5, 0.6) is 0 Å². The highest BCUT2D eigenvalue weighted by Gasteiger charge is 2.18. The highest BCUT2D eigenvalue weighted by Crippen LogP contribution is 2.20. The van der Waals surface area contributed by atoms with Gasteiger partial charge in [0.2, 0.25) is 0 Å². The summed E-state index contributed by atoms with van der Waals surface area (Å²) >= 11 is 0. The molecule has 0 bridgehead atoms. The van der Waals surface area contributed by atoms with E-state index in [1.165, 1.54) is 24.6 Å². The average Bonchev–Trinajstić information content (AvgIpc) is 2.79. The quantitative estimate of drug-likeness (QED) is 0.844. The zero-order valence-corrected chi connectivity index (χ0v) is 9.97. The van der Waals surface area contributed by atoms with Crippen molar-refractivity contribution in [1.82, 2.24) is 10.6 Å². The van der Waals surface area contributed by atoms with Crippen LogP contribution in [0, 0.1) is 11.6 Å². The molecular weight excluding hydrogens is 222 g/mol. The van der Waals surface area contributed by atoms with E-state index in [2.05, 4.69) is 10.6 Å². The van der Waals surface area contributed by atoms with Crippen LogP contribution in [0.25, 0.3) is 0 Å². The van der Waals surface area contributed by atoms with Crippen molar-refractivity contribution in [3.05, 3.63) is 35.4 Å². The second-order valence-electron chi connectivity index (χ2n) is 4.56. The van der Waals surface area contributed by atoms with E-state index in [0.29, 0.717) is 6.04 Å². The smallest absolute Gasteiger partial charge is 0.130 e. The van der Waals surface area contributed by atoms with E-state index >= 15 is 0 Å². The summed E-state index contributed by atoms with van der Waals surface area (Å²) in [6.07, 6.45) is 2.30. The van der Waals surface area contributed by atoms with E-state index < -0.39 is 11.6 Å². The molecule has 2 atom stereocenters. The first-order valence-electron chi connectivity index (χ1n) is 6.09. The van der Waals surface area contributed by atoms with Gasteiger partial charge < -0.3 is 10.6 Å². The Hall–Kier alpha value is -1.00. The van der Waals surface area contributed by atoms with Crippen molar-refractivity contribution in [2.24, 2.45) is 0 Å². The fourth-order valence-electron chi connectivity index (χ4n) is 2.28. The SMILES string of the molecule is CC(NCC1CCCN1)c1c(F)cccc1F. The van der Waals surface area contributed by atoms with Gasteiger partial charge in [-0.1, -0.05) is 6.07 Å². The summed E-state index contributed by atoms with van der Waals surface area (Å²) in [6.45, 7) is 3.57. The van der Waals surface area contributed by atoms with E-state index in [0.717, 1.165) is 19.5 Å². The minimum atomic E-state index is -0.482. The molecule has 0 radical (unpaired) electrons. The molecule has 0 saturated carbocycles. The van der Waals surface area contributed by atoms with Crippen LogP contribution in [0.3, 0.4) is 0 Å². The molecule has 1 saturated heterocycles. The van der Waals surface area contributed by atoms with Gasteiger partial charge in [-0.3, -0.25) is 0 Å². The molecule has 1 fully saturated rings. The third kappa shape index (κ3) is 3.01. The first kappa shape index (κ1) is 12.5. The second kappa shape index (κ2) is 5.56. The van der Waals surface area contributed by atoms with Gasteiger partial charge >= 0.3 is 0 Å². The topological polar surface area (TPSA) is 24.1 Å². The molecule has 2 N–H and O–H groups in total. The molecule has 1 aliphatic heterocycles. The highest BCUT2D eigenvalue weighted by atomic mass is 19.1. The number of benzene rings is 1. The molecule has 0 aromatic heterocycles. The van der Waals surface area contributed by atoms with Crippen molar-refractivity contribution in [2.75, 3.05) is 13.1 Å². The minimum absolute atomic E-state index is 0.130. The normalized spacial score (nSPS) is 21.7. The second-order valence-corrected chi connectivity index (χ2v) is 4.56. The third-order valence-electron chi connectivity index (χ3n) is 3.27. The predicted octanol–water partition coefficient (Wildman–Crippen LogP) is 2.37. The molecule has 1 aliphatic rings.